The highest BCUT2D eigenvalue weighted by Crippen LogP contribution is 2.28. The van der Waals surface area contributed by atoms with Crippen LogP contribution in [-0.2, 0) is 11.3 Å². The number of rotatable bonds is 4. The topological polar surface area (TPSA) is 158 Å². The molecule has 0 bridgehead atoms. The van der Waals surface area contributed by atoms with E-state index in [4.69, 9.17) is 4.74 Å². The van der Waals surface area contributed by atoms with Crippen LogP contribution in [0.1, 0.15) is 32.6 Å². The second kappa shape index (κ2) is 7.04. The van der Waals surface area contributed by atoms with Gasteiger partial charge in [-0.15, -0.1) is 5.10 Å². The van der Waals surface area contributed by atoms with Crippen molar-refractivity contribution in [1.29, 1.82) is 0 Å². The van der Waals surface area contributed by atoms with Gasteiger partial charge in [-0.25, -0.2) is 4.68 Å². The van der Waals surface area contributed by atoms with Gasteiger partial charge in [-0.2, -0.15) is 0 Å². The molecule has 2 amide bonds. The van der Waals surface area contributed by atoms with E-state index < -0.39 is 49.1 Å². The molecule has 11 nitrogen and oxygen atoms in total. The van der Waals surface area contributed by atoms with Gasteiger partial charge in [-0.05, 0) is 12.1 Å². The first kappa shape index (κ1) is 18.7. The van der Waals surface area contributed by atoms with Crippen LogP contribution in [0.4, 0.5) is 0 Å². The first-order valence-corrected chi connectivity index (χ1v) is 8.59. The molecule has 0 aliphatic carbocycles. The molecule has 2 aromatic rings. The average Bonchev–Trinajstić information content (AvgIpc) is 3.26. The maximum absolute atomic E-state index is 12.4. The molecule has 1 fully saturated rings. The van der Waals surface area contributed by atoms with Crippen molar-refractivity contribution in [1.82, 2.24) is 19.9 Å². The van der Waals surface area contributed by atoms with Gasteiger partial charge in [-0.3, -0.25) is 14.5 Å². The summed E-state index contributed by atoms with van der Waals surface area (Å²) in [6, 6.07) is 6.48. The van der Waals surface area contributed by atoms with Gasteiger partial charge in [0.25, 0.3) is 11.8 Å². The third-order valence-corrected chi connectivity index (χ3v) is 4.88. The molecule has 4 N–H and O–H groups in total. The molecule has 3 heterocycles. The van der Waals surface area contributed by atoms with E-state index in [1.165, 1.54) is 6.20 Å². The summed E-state index contributed by atoms with van der Waals surface area (Å²) in [4.78, 5) is 25.9. The van der Waals surface area contributed by atoms with Crippen LogP contribution in [0.3, 0.4) is 0 Å². The van der Waals surface area contributed by atoms with E-state index in [-0.39, 0.29) is 12.2 Å². The third kappa shape index (κ3) is 2.89. The van der Waals surface area contributed by atoms with Crippen LogP contribution in [0.2, 0.25) is 0 Å². The van der Waals surface area contributed by atoms with E-state index in [1.54, 1.807) is 24.3 Å². The quantitative estimate of drug-likeness (QED) is 0.435. The van der Waals surface area contributed by atoms with Crippen LogP contribution >= 0.6 is 0 Å². The van der Waals surface area contributed by atoms with Gasteiger partial charge in [0.15, 0.2) is 6.23 Å². The van der Waals surface area contributed by atoms with E-state index in [0.29, 0.717) is 11.1 Å². The van der Waals surface area contributed by atoms with Crippen LogP contribution < -0.4 is 0 Å². The molecule has 2 aliphatic heterocycles. The van der Waals surface area contributed by atoms with Crippen molar-refractivity contribution in [2.45, 2.75) is 37.2 Å². The van der Waals surface area contributed by atoms with Crippen molar-refractivity contribution in [3.8, 4) is 0 Å². The third-order valence-electron chi connectivity index (χ3n) is 4.88. The number of imide groups is 1. The molecule has 0 radical (unpaired) electrons. The smallest absolute Gasteiger partial charge is 0.261 e. The van der Waals surface area contributed by atoms with Gasteiger partial charge in [-0.1, -0.05) is 17.3 Å². The SMILES string of the molecule is O=C1c2ccccc2C(=O)N1Cc1cn([C@@H]2O[C@H](CO)[C@H](O)[C@H](O)[C@H]2O)nn1. The Morgan fingerprint density at radius 2 is 1.64 bits per heavy atom. The standard InChI is InChI=1S/C17H18N4O7/c22-7-11-12(23)13(24)14(25)17(28-11)21-6-8(18-19-21)5-20-15(26)9-3-1-2-4-10(9)16(20)27/h1-4,6,11-14,17,22-25H,5,7H2/t11-,12+,13+,14-,17-/m1/s1. The Hall–Kier alpha value is -2.70. The van der Waals surface area contributed by atoms with Crippen LogP contribution in [-0.4, -0.2) is 83.2 Å². The van der Waals surface area contributed by atoms with Gasteiger partial charge in [0.1, 0.15) is 30.1 Å². The number of amides is 2. The van der Waals surface area contributed by atoms with E-state index in [1.807, 2.05) is 0 Å². The second-order valence-electron chi connectivity index (χ2n) is 6.65. The largest absolute Gasteiger partial charge is 0.394 e. The number of aliphatic hydroxyl groups is 4. The summed E-state index contributed by atoms with van der Waals surface area (Å²) in [5.74, 6) is -0.883. The summed E-state index contributed by atoms with van der Waals surface area (Å²) in [6.07, 6.45) is -5.51. The Morgan fingerprint density at radius 1 is 1.00 bits per heavy atom. The lowest BCUT2D eigenvalue weighted by Gasteiger charge is -2.39. The van der Waals surface area contributed by atoms with Crippen molar-refractivity contribution in [2.75, 3.05) is 6.61 Å². The Bertz CT molecular complexity index is 879. The van der Waals surface area contributed by atoms with Crippen LogP contribution in [0, 0.1) is 0 Å². The number of fused-ring (bicyclic) bond motifs is 1. The fourth-order valence-corrected chi connectivity index (χ4v) is 3.36. The van der Waals surface area contributed by atoms with E-state index in [0.717, 1.165) is 9.58 Å². The molecule has 2 aliphatic rings. The van der Waals surface area contributed by atoms with Crippen LogP contribution in [0.5, 0.6) is 0 Å². The number of benzene rings is 1. The van der Waals surface area contributed by atoms with E-state index >= 15 is 0 Å². The maximum Gasteiger partial charge on any atom is 0.261 e. The second-order valence-corrected chi connectivity index (χ2v) is 6.65. The molecule has 4 rings (SSSR count). The molecule has 11 heteroatoms. The Balaban J connectivity index is 1.53. The Kier molecular flexibility index (Phi) is 4.69. The Labute approximate surface area is 158 Å². The van der Waals surface area contributed by atoms with Crippen LogP contribution in [0.25, 0.3) is 0 Å². The fraction of sp³-hybridized carbons (Fsp3) is 0.412. The number of aliphatic hydroxyl groups excluding tert-OH is 4. The molecule has 5 atom stereocenters. The van der Waals surface area contributed by atoms with Crippen LogP contribution in [0.15, 0.2) is 30.5 Å². The van der Waals surface area contributed by atoms with Crippen molar-refractivity contribution in [2.24, 2.45) is 0 Å². The Morgan fingerprint density at radius 3 is 2.25 bits per heavy atom. The molecule has 1 aromatic carbocycles. The van der Waals surface area contributed by atoms with Gasteiger partial charge in [0.05, 0.1) is 30.5 Å². The molecule has 1 aromatic heterocycles. The summed E-state index contributed by atoms with van der Waals surface area (Å²) >= 11 is 0. The molecule has 148 valence electrons. The lowest BCUT2D eigenvalue weighted by Crippen LogP contribution is -2.56. The predicted octanol–water partition coefficient (Wildman–Crippen LogP) is -1.95. The molecule has 1 saturated heterocycles. The monoisotopic (exact) mass is 390 g/mol. The summed E-state index contributed by atoms with van der Waals surface area (Å²) in [6.45, 7) is -0.707. The van der Waals surface area contributed by atoms with Gasteiger partial charge < -0.3 is 25.2 Å². The molecule has 0 saturated carbocycles. The highest BCUT2D eigenvalue weighted by Gasteiger charge is 2.45. The van der Waals surface area contributed by atoms with Gasteiger partial charge in [0, 0.05) is 0 Å². The predicted molar refractivity (Wildman–Crippen MR) is 89.7 cm³/mol. The first-order chi connectivity index (χ1) is 13.4. The molecule has 28 heavy (non-hydrogen) atoms. The lowest BCUT2D eigenvalue weighted by molar-refractivity contribution is -0.254. The van der Waals surface area contributed by atoms with E-state index in [2.05, 4.69) is 10.3 Å². The first-order valence-electron chi connectivity index (χ1n) is 8.59. The minimum absolute atomic E-state index is 0.135. The highest BCUT2D eigenvalue weighted by molar-refractivity contribution is 6.21. The summed E-state index contributed by atoms with van der Waals surface area (Å²) in [5.41, 5.74) is 0.883. The zero-order valence-corrected chi connectivity index (χ0v) is 14.5. The fourth-order valence-electron chi connectivity index (χ4n) is 3.36. The summed E-state index contributed by atoms with van der Waals surface area (Å²) < 4.78 is 6.50. The number of aromatic nitrogens is 3. The number of ether oxygens (including phenoxy) is 1. The van der Waals surface area contributed by atoms with Gasteiger partial charge >= 0.3 is 0 Å². The number of nitrogens with zero attached hydrogens (tertiary/aromatic N) is 4. The molecule has 0 unspecified atom stereocenters. The van der Waals surface area contributed by atoms with Crippen molar-refractivity contribution < 1.29 is 34.8 Å². The number of carbonyl (C=O) groups is 2. The number of carbonyl (C=O) groups excluding carboxylic acids is 2. The highest BCUT2D eigenvalue weighted by atomic mass is 16.6. The number of hydrogen-bond acceptors (Lipinski definition) is 9. The zero-order chi connectivity index (χ0) is 20.0. The molecule has 0 spiro atoms. The van der Waals surface area contributed by atoms with E-state index in [9.17, 15) is 30.0 Å². The lowest BCUT2D eigenvalue weighted by atomic mass is 9.98. The maximum atomic E-state index is 12.4. The zero-order valence-electron chi connectivity index (χ0n) is 14.5. The van der Waals surface area contributed by atoms with Crippen molar-refractivity contribution >= 4 is 11.8 Å². The summed E-state index contributed by atoms with van der Waals surface area (Å²) in [7, 11) is 0. The molecular formula is C17H18N4O7. The van der Waals surface area contributed by atoms with Crippen molar-refractivity contribution in [3.63, 3.8) is 0 Å². The minimum atomic E-state index is -1.56. The van der Waals surface area contributed by atoms with Crippen molar-refractivity contribution in [3.05, 3.63) is 47.3 Å². The average molecular weight is 390 g/mol. The normalized spacial score (nSPS) is 30.0. The number of hydrogen-bond donors (Lipinski definition) is 4. The van der Waals surface area contributed by atoms with Gasteiger partial charge in [0.2, 0.25) is 0 Å². The molecular weight excluding hydrogens is 372 g/mol. The minimum Gasteiger partial charge on any atom is -0.394 e. The summed E-state index contributed by atoms with van der Waals surface area (Å²) in [5, 5.41) is 46.8.